The monoisotopic (exact) mass is 599 g/mol. The Hall–Kier alpha value is -3.94. The number of rotatable bonds is 9. The summed E-state index contributed by atoms with van der Waals surface area (Å²) in [4.78, 5) is 33.0. The Morgan fingerprint density at radius 3 is 2.53 bits per heavy atom. The molecule has 0 bridgehead atoms. The molecule has 14 heteroatoms. The fourth-order valence-electron chi connectivity index (χ4n) is 6.14. The van der Waals surface area contributed by atoms with Gasteiger partial charge in [-0.05, 0) is 75.7 Å². The third-order valence-electron chi connectivity index (χ3n) is 8.67. The zero-order chi connectivity index (χ0) is 30.3. The highest BCUT2D eigenvalue weighted by Gasteiger charge is 2.31. The van der Waals surface area contributed by atoms with Crippen molar-refractivity contribution in [3.8, 4) is 11.6 Å². The number of aromatic nitrogens is 6. The second-order valence-corrected chi connectivity index (χ2v) is 12.0. The zero-order valence-electron chi connectivity index (χ0n) is 24.5. The maximum atomic E-state index is 13.3. The molecule has 4 aromatic rings. The molecule has 2 N–H and O–H groups in total. The van der Waals surface area contributed by atoms with Gasteiger partial charge in [-0.1, -0.05) is 23.7 Å². The maximum absolute atomic E-state index is 13.3. The van der Waals surface area contributed by atoms with Gasteiger partial charge in [0.15, 0.2) is 11.5 Å². The molecule has 2 atom stereocenters. The predicted molar refractivity (Wildman–Crippen MR) is 156 cm³/mol. The molecule has 2 unspecified atom stereocenters. The van der Waals surface area contributed by atoms with Crippen molar-refractivity contribution in [3.05, 3.63) is 45.9 Å². The Kier molecular flexibility index (Phi) is 7.88. The van der Waals surface area contributed by atoms with Crippen molar-refractivity contribution in [3.63, 3.8) is 0 Å². The first kappa shape index (κ1) is 29.1. The molecule has 2 aliphatic rings. The molecule has 0 spiro atoms. The van der Waals surface area contributed by atoms with E-state index in [9.17, 15) is 18.0 Å². The Bertz CT molecular complexity index is 1620. The van der Waals surface area contributed by atoms with Gasteiger partial charge in [-0.2, -0.15) is 18.2 Å². The van der Waals surface area contributed by atoms with Crippen LogP contribution in [0.3, 0.4) is 0 Å². The Balaban J connectivity index is 1.45. The molecule has 1 aliphatic carbocycles. The molecular formula is C29H36F3N9O2. The number of halogens is 3. The van der Waals surface area contributed by atoms with Crippen LogP contribution in [0.1, 0.15) is 50.2 Å². The molecule has 3 aromatic heterocycles. The molecule has 1 saturated heterocycles. The van der Waals surface area contributed by atoms with Crippen LogP contribution < -0.4 is 16.0 Å². The van der Waals surface area contributed by atoms with Crippen molar-refractivity contribution in [2.75, 3.05) is 43.9 Å². The van der Waals surface area contributed by atoms with Crippen LogP contribution in [0.4, 0.5) is 24.9 Å². The minimum Gasteiger partial charge on any atom is -0.365 e. The van der Waals surface area contributed by atoms with Gasteiger partial charge >= 0.3 is 11.9 Å². The topological polar surface area (TPSA) is 121 Å². The smallest absolute Gasteiger partial charge is 0.365 e. The number of anilines is 2. The first-order chi connectivity index (χ1) is 20.5. The van der Waals surface area contributed by atoms with Gasteiger partial charge in [0, 0.05) is 26.2 Å². The second kappa shape index (κ2) is 11.6. The fraction of sp³-hybridized carbons (Fsp3) is 0.552. The molecular weight excluding hydrogens is 563 g/mol. The van der Waals surface area contributed by atoms with E-state index in [0.29, 0.717) is 40.3 Å². The predicted octanol–water partition coefficient (Wildman–Crippen LogP) is 4.62. The summed E-state index contributed by atoms with van der Waals surface area (Å²) in [5.74, 6) is 1.58. The number of fused-ring (bicyclic) bond motifs is 1. The van der Waals surface area contributed by atoms with Gasteiger partial charge in [0.05, 0.1) is 12.1 Å². The number of nitrogens with zero attached hydrogens (tertiary/aromatic N) is 7. The number of H-pyrrole nitrogens is 1. The Morgan fingerprint density at radius 2 is 1.91 bits per heavy atom. The van der Waals surface area contributed by atoms with Crippen LogP contribution in [0.15, 0.2) is 33.6 Å². The van der Waals surface area contributed by atoms with Gasteiger partial charge < -0.3 is 19.7 Å². The normalized spacial score (nSPS) is 19.0. The van der Waals surface area contributed by atoms with Gasteiger partial charge in [-0.15, -0.1) is 0 Å². The average Bonchev–Trinajstić information content (AvgIpc) is 3.51. The van der Waals surface area contributed by atoms with Crippen LogP contribution in [0.5, 0.6) is 0 Å². The summed E-state index contributed by atoms with van der Waals surface area (Å²) in [6.07, 6.45) is 1.21. The van der Waals surface area contributed by atoms with Crippen molar-refractivity contribution < 1.29 is 17.7 Å². The van der Waals surface area contributed by atoms with Gasteiger partial charge in [0.1, 0.15) is 5.52 Å². The van der Waals surface area contributed by atoms with Crippen LogP contribution in [0, 0.1) is 11.8 Å². The molecule has 2 fully saturated rings. The largest absolute Gasteiger partial charge is 0.439 e. The van der Waals surface area contributed by atoms with Gasteiger partial charge in [0.2, 0.25) is 17.6 Å². The lowest BCUT2D eigenvalue weighted by molar-refractivity contribution is -0.137. The number of hydrogen-bond donors (Lipinski definition) is 2. The van der Waals surface area contributed by atoms with Crippen molar-refractivity contribution in [2.24, 2.45) is 11.8 Å². The molecule has 4 heterocycles. The van der Waals surface area contributed by atoms with Crippen molar-refractivity contribution in [1.29, 1.82) is 0 Å². The molecule has 6 rings (SSSR count). The van der Waals surface area contributed by atoms with E-state index in [-0.39, 0.29) is 24.2 Å². The highest BCUT2D eigenvalue weighted by molar-refractivity contribution is 5.87. The third-order valence-corrected chi connectivity index (χ3v) is 8.67. The van der Waals surface area contributed by atoms with Crippen LogP contribution in [-0.2, 0) is 12.7 Å². The molecule has 0 radical (unpaired) electrons. The minimum absolute atomic E-state index is 0.0867. The number of aromatic amines is 1. The first-order valence-electron chi connectivity index (χ1n) is 14.7. The Labute approximate surface area is 246 Å². The third kappa shape index (κ3) is 6.24. The Morgan fingerprint density at radius 1 is 1.14 bits per heavy atom. The van der Waals surface area contributed by atoms with E-state index in [1.54, 1.807) is 0 Å². The second-order valence-electron chi connectivity index (χ2n) is 12.0. The summed E-state index contributed by atoms with van der Waals surface area (Å²) in [6.45, 7) is 5.16. The number of likely N-dealkylation sites (tertiary alicyclic amines) is 1. The highest BCUT2D eigenvalue weighted by Crippen LogP contribution is 2.35. The number of benzene rings is 1. The van der Waals surface area contributed by atoms with E-state index in [0.717, 1.165) is 57.5 Å². The first-order valence-corrected chi connectivity index (χ1v) is 14.7. The van der Waals surface area contributed by atoms with E-state index in [2.05, 4.69) is 44.2 Å². The van der Waals surface area contributed by atoms with Crippen LogP contribution >= 0.6 is 0 Å². The number of alkyl halides is 3. The summed E-state index contributed by atoms with van der Waals surface area (Å²) in [5.41, 5.74) is 0.994. The van der Waals surface area contributed by atoms with E-state index in [1.165, 1.54) is 18.6 Å². The van der Waals surface area contributed by atoms with Crippen molar-refractivity contribution in [2.45, 2.75) is 57.8 Å². The summed E-state index contributed by atoms with van der Waals surface area (Å²) in [5, 5.41) is 7.34. The summed E-state index contributed by atoms with van der Waals surface area (Å²) < 4.78 is 46.6. The number of nitrogens with one attached hydrogen (secondary N) is 2. The molecule has 1 aliphatic heterocycles. The quantitative estimate of drug-likeness (QED) is 0.284. The van der Waals surface area contributed by atoms with Crippen LogP contribution in [0.2, 0.25) is 0 Å². The van der Waals surface area contributed by atoms with Crippen LogP contribution in [0.25, 0.3) is 22.8 Å². The SMILES string of the molecule is CC(Nc1nc(-c2noc(=O)[nH]2)nc2nc(N(C)CC3CCCN(C)C3)n(Cc3ccc(C(F)(F)F)cc3)c12)C1CCC1. The molecule has 230 valence electrons. The lowest BCUT2D eigenvalue weighted by Crippen LogP contribution is -2.38. The molecule has 0 amide bonds. The maximum Gasteiger partial charge on any atom is 0.439 e. The van der Waals surface area contributed by atoms with E-state index >= 15 is 0 Å². The summed E-state index contributed by atoms with van der Waals surface area (Å²) in [6, 6.07) is 5.29. The number of piperidine rings is 1. The average molecular weight is 600 g/mol. The van der Waals surface area contributed by atoms with Crippen molar-refractivity contribution >= 4 is 22.9 Å². The van der Waals surface area contributed by atoms with E-state index < -0.39 is 17.5 Å². The minimum atomic E-state index is -4.42. The fourth-order valence-corrected chi connectivity index (χ4v) is 6.14. The molecule has 1 saturated carbocycles. The van der Waals surface area contributed by atoms with E-state index in [4.69, 9.17) is 14.5 Å². The number of hydrogen-bond acceptors (Lipinski definition) is 9. The van der Waals surface area contributed by atoms with Crippen molar-refractivity contribution in [1.82, 2.24) is 34.6 Å². The van der Waals surface area contributed by atoms with E-state index in [1.807, 2.05) is 11.6 Å². The molecule has 11 nitrogen and oxygen atoms in total. The summed E-state index contributed by atoms with van der Waals surface area (Å²) >= 11 is 0. The lowest BCUT2D eigenvalue weighted by atomic mass is 9.80. The van der Waals surface area contributed by atoms with Gasteiger partial charge in [-0.3, -0.25) is 9.51 Å². The molecule has 1 aromatic carbocycles. The number of imidazole rings is 1. The van der Waals surface area contributed by atoms with Crippen LogP contribution in [-0.4, -0.2) is 74.3 Å². The summed E-state index contributed by atoms with van der Waals surface area (Å²) in [7, 11) is 4.10. The van der Waals surface area contributed by atoms with Gasteiger partial charge in [0.25, 0.3) is 0 Å². The zero-order valence-corrected chi connectivity index (χ0v) is 24.5. The molecule has 43 heavy (non-hydrogen) atoms. The van der Waals surface area contributed by atoms with Gasteiger partial charge in [-0.25, -0.2) is 14.8 Å². The lowest BCUT2D eigenvalue weighted by Gasteiger charge is -2.33. The standard InChI is InChI=1S/C29H36F3N9O2/c1-17(20-7-4-8-20)33-23-22-24(35-25(34-23)26-37-28(42)43-38-26)36-27(40(3)15-19-6-5-13-39(2)14-19)41(22)16-18-9-11-21(12-10-18)29(30,31)32/h9-12,17,19-20H,4-8,13-16H2,1-3H3,(H,33,34,35)(H,37,38,42). The highest BCUT2D eigenvalue weighted by atomic mass is 19.4.